The Morgan fingerprint density at radius 2 is 2.19 bits per heavy atom. The SMILES string of the molecule is NC(Cc1cncc(Br)c1)c1ccncn1. The molecule has 0 aliphatic carbocycles. The Balaban J connectivity index is 2.11. The Morgan fingerprint density at radius 1 is 1.31 bits per heavy atom. The molecule has 4 nitrogen and oxygen atoms in total. The Kier molecular flexibility index (Phi) is 3.58. The van der Waals surface area contributed by atoms with Crippen LogP contribution in [0, 0.1) is 0 Å². The van der Waals surface area contributed by atoms with Crippen molar-refractivity contribution < 1.29 is 0 Å². The van der Waals surface area contributed by atoms with Gasteiger partial charge in [0.15, 0.2) is 0 Å². The largest absolute Gasteiger partial charge is 0.322 e. The van der Waals surface area contributed by atoms with Gasteiger partial charge in [-0.15, -0.1) is 0 Å². The molecule has 0 bridgehead atoms. The molecule has 2 aromatic rings. The lowest BCUT2D eigenvalue weighted by molar-refractivity contribution is 0.690. The maximum atomic E-state index is 6.04. The first-order valence-corrected chi connectivity index (χ1v) is 5.66. The number of hydrogen-bond donors (Lipinski definition) is 1. The number of rotatable bonds is 3. The van der Waals surface area contributed by atoms with Crippen molar-refractivity contribution in [3.63, 3.8) is 0 Å². The number of nitrogens with zero attached hydrogens (tertiary/aromatic N) is 3. The van der Waals surface area contributed by atoms with E-state index in [4.69, 9.17) is 5.73 Å². The van der Waals surface area contributed by atoms with Gasteiger partial charge in [0, 0.05) is 23.1 Å². The fourth-order valence-electron chi connectivity index (χ4n) is 1.45. The summed E-state index contributed by atoms with van der Waals surface area (Å²) in [5.74, 6) is 0. The molecular formula is C11H11BrN4. The van der Waals surface area contributed by atoms with E-state index in [0.717, 1.165) is 15.7 Å². The summed E-state index contributed by atoms with van der Waals surface area (Å²) in [4.78, 5) is 12.1. The predicted octanol–water partition coefficient (Wildman–Crippen LogP) is 1.88. The number of hydrogen-bond acceptors (Lipinski definition) is 4. The van der Waals surface area contributed by atoms with Crippen LogP contribution in [-0.2, 0) is 6.42 Å². The number of nitrogens with two attached hydrogens (primary N) is 1. The molecule has 0 aromatic carbocycles. The van der Waals surface area contributed by atoms with E-state index in [1.165, 1.54) is 6.33 Å². The highest BCUT2D eigenvalue weighted by Gasteiger charge is 2.08. The summed E-state index contributed by atoms with van der Waals surface area (Å²) in [5.41, 5.74) is 7.97. The zero-order valence-corrected chi connectivity index (χ0v) is 10.1. The van der Waals surface area contributed by atoms with Crippen molar-refractivity contribution in [2.75, 3.05) is 0 Å². The quantitative estimate of drug-likeness (QED) is 0.931. The molecule has 2 heterocycles. The lowest BCUT2D eigenvalue weighted by atomic mass is 10.1. The molecule has 2 aromatic heterocycles. The minimum Gasteiger partial charge on any atom is -0.322 e. The van der Waals surface area contributed by atoms with E-state index in [1.807, 2.05) is 18.3 Å². The van der Waals surface area contributed by atoms with Crippen LogP contribution in [0.5, 0.6) is 0 Å². The fourth-order valence-corrected chi connectivity index (χ4v) is 1.86. The van der Waals surface area contributed by atoms with Crippen LogP contribution < -0.4 is 5.73 Å². The van der Waals surface area contributed by atoms with Gasteiger partial charge in [-0.25, -0.2) is 9.97 Å². The van der Waals surface area contributed by atoms with Crippen molar-refractivity contribution in [1.82, 2.24) is 15.0 Å². The van der Waals surface area contributed by atoms with Gasteiger partial charge in [0.2, 0.25) is 0 Å². The average Bonchev–Trinajstić information content (AvgIpc) is 2.30. The lowest BCUT2D eigenvalue weighted by Gasteiger charge is -2.10. The third kappa shape index (κ3) is 2.84. The Morgan fingerprint density at radius 3 is 2.88 bits per heavy atom. The second kappa shape index (κ2) is 5.14. The molecule has 1 atom stereocenters. The van der Waals surface area contributed by atoms with E-state index in [9.17, 15) is 0 Å². The molecule has 5 heteroatoms. The second-order valence-corrected chi connectivity index (χ2v) is 4.37. The predicted molar refractivity (Wildman–Crippen MR) is 64.6 cm³/mol. The van der Waals surface area contributed by atoms with E-state index in [1.54, 1.807) is 12.4 Å². The second-order valence-electron chi connectivity index (χ2n) is 3.46. The van der Waals surface area contributed by atoms with Crippen LogP contribution >= 0.6 is 15.9 Å². The van der Waals surface area contributed by atoms with Crippen molar-refractivity contribution in [3.05, 3.63) is 52.8 Å². The van der Waals surface area contributed by atoms with Crippen LogP contribution in [0.1, 0.15) is 17.3 Å². The van der Waals surface area contributed by atoms with Gasteiger partial charge in [-0.1, -0.05) is 0 Å². The van der Waals surface area contributed by atoms with Crippen LogP contribution in [-0.4, -0.2) is 15.0 Å². The van der Waals surface area contributed by atoms with Crippen LogP contribution in [0.4, 0.5) is 0 Å². The molecule has 0 saturated carbocycles. The molecule has 0 radical (unpaired) electrons. The van der Waals surface area contributed by atoms with Crippen molar-refractivity contribution in [1.29, 1.82) is 0 Å². The maximum Gasteiger partial charge on any atom is 0.115 e. The van der Waals surface area contributed by atoms with E-state index < -0.39 is 0 Å². The van der Waals surface area contributed by atoms with Crippen LogP contribution in [0.25, 0.3) is 0 Å². The molecule has 0 spiro atoms. The summed E-state index contributed by atoms with van der Waals surface area (Å²) in [6, 6.07) is 3.71. The molecule has 0 saturated heterocycles. The number of aromatic nitrogens is 3. The van der Waals surface area contributed by atoms with E-state index >= 15 is 0 Å². The number of pyridine rings is 1. The fraction of sp³-hybridized carbons (Fsp3) is 0.182. The van der Waals surface area contributed by atoms with E-state index in [-0.39, 0.29) is 6.04 Å². The first-order chi connectivity index (χ1) is 7.75. The van der Waals surface area contributed by atoms with Crippen LogP contribution in [0.15, 0.2) is 41.5 Å². The van der Waals surface area contributed by atoms with Gasteiger partial charge in [0.05, 0.1) is 11.7 Å². The molecule has 0 amide bonds. The van der Waals surface area contributed by atoms with Crippen molar-refractivity contribution >= 4 is 15.9 Å². The summed E-state index contributed by atoms with van der Waals surface area (Å²) in [7, 11) is 0. The average molecular weight is 279 g/mol. The molecule has 0 aliphatic rings. The first kappa shape index (κ1) is 11.2. The highest BCUT2D eigenvalue weighted by Crippen LogP contribution is 2.15. The van der Waals surface area contributed by atoms with Gasteiger partial charge in [0.1, 0.15) is 6.33 Å². The highest BCUT2D eigenvalue weighted by atomic mass is 79.9. The standard InChI is InChI=1S/C11H11BrN4/c12-9-3-8(5-15-6-9)4-10(13)11-1-2-14-7-16-11/h1-3,5-7,10H,4,13H2. The van der Waals surface area contributed by atoms with Crippen LogP contribution in [0.2, 0.25) is 0 Å². The van der Waals surface area contributed by atoms with Gasteiger partial charge in [-0.05, 0) is 40.0 Å². The summed E-state index contributed by atoms with van der Waals surface area (Å²) >= 11 is 3.38. The maximum absolute atomic E-state index is 6.04. The Hall–Kier alpha value is -1.33. The zero-order valence-electron chi connectivity index (χ0n) is 8.55. The monoisotopic (exact) mass is 278 g/mol. The van der Waals surface area contributed by atoms with Crippen molar-refractivity contribution in [2.45, 2.75) is 12.5 Å². The molecule has 82 valence electrons. The van der Waals surface area contributed by atoms with Gasteiger partial charge in [-0.2, -0.15) is 0 Å². The lowest BCUT2D eigenvalue weighted by Crippen LogP contribution is -2.15. The molecule has 0 aliphatic heterocycles. The summed E-state index contributed by atoms with van der Waals surface area (Å²) in [6.07, 6.45) is 7.48. The Labute approximate surface area is 102 Å². The number of halogens is 1. The molecule has 2 N–H and O–H groups in total. The highest BCUT2D eigenvalue weighted by molar-refractivity contribution is 9.10. The minimum atomic E-state index is -0.126. The van der Waals surface area contributed by atoms with Gasteiger partial charge >= 0.3 is 0 Å². The van der Waals surface area contributed by atoms with E-state index in [2.05, 4.69) is 30.9 Å². The van der Waals surface area contributed by atoms with E-state index in [0.29, 0.717) is 6.42 Å². The molecule has 2 rings (SSSR count). The zero-order chi connectivity index (χ0) is 11.4. The smallest absolute Gasteiger partial charge is 0.115 e. The topological polar surface area (TPSA) is 64.7 Å². The molecule has 16 heavy (non-hydrogen) atoms. The van der Waals surface area contributed by atoms with Gasteiger partial charge in [-0.3, -0.25) is 4.98 Å². The van der Waals surface area contributed by atoms with Gasteiger partial charge in [0.25, 0.3) is 0 Å². The normalized spacial score (nSPS) is 12.4. The third-order valence-electron chi connectivity index (χ3n) is 2.20. The first-order valence-electron chi connectivity index (χ1n) is 4.86. The minimum absolute atomic E-state index is 0.126. The van der Waals surface area contributed by atoms with Gasteiger partial charge < -0.3 is 5.73 Å². The Bertz CT molecular complexity index is 461. The summed E-state index contributed by atoms with van der Waals surface area (Å²) < 4.78 is 0.958. The summed E-state index contributed by atoms with van der Waals surface area (Å²) in [6.45, 7) is 0. The molecule has 1 unspecified atom stereocenters. The van der Waals surface area contributed by atoms with Crippen LogP contribution in [0.3, 0.4) is 0 Å². The van der Waals surface area contributed by atoms with Crippen molar-refractivity contribution in [2.24, 2.45) is 5.73 Å². The summed E-state index contributed by atoms with van der Waals surface area (Å²) in [5, 5.41) is 0. The molecular weight excluding hydrogens is 268 g/mol. The third-order valence-corrected chi connectivity index (χ3v) is 2.64. The molecule has 0 fully saturated rings. The van der Waals surface area contributed by atoms with Crippen molar-refractivity contribution in [3.8, 4) is 0 Å².